The van der Waals surface area contributed by atoms with Gasteiger partial charge >= 0.3 is 0 Å². The van der Waals surface area contributed by atoms with Crippen molar-refractivity contribution in [2.24, 2.45) is 0 Å². The molecular weight excluding hydrogens is 538 g/mol. The van der Waals surface area contributed by atoms with E-state index in [0.717, 1.165) is 22.3 Å². The first-order valence-electron chi connectivity index (χ1n) is 9.80. The summed E-state index contributed by atoms with van der Waals surface area (Å²) in [6.07, 6.45) is 1.17. The van der Waals surface area contributed by atoms with Crippen LogP contribution in [0, 0.1) is 0 Å². The van der Waals surface area contributed by atoms with Crippen LogP contribution in [-0.4, -0.2) is 69.9 Å². The van der Waals surface area contributed by atoms with Crippen LogP contribution in [0.4, 0.5) is 5.13 Å². The van der Waals surface area contributed by atoms with Crippen LogP contribution in [0.15, 0.2) is 51.8 Å². The molecule has 11 heteroatoms. The largest absolute Gasteiger partial charge is 0.379 e. The van der Waals surface area contributed by atoms with E-state index in [1.807, 2.05) is 18.2 Å². The van der Waals surface area contributed by atoms with Crippen LogP contribution in [0.3, 0.4) is 0 Å². The van der Waals surface area contributed by atoms with Crippen molar-refractivity contribution in [3.05, 3.63) is 52.5 Å². The van der Waals surface area contributed by atoms with E-state index >= 15 is 0 Å². The molecule has 0 spiro atoms. The van der Waals surface area contributed by atoms with E-state index < -0.39 is 9.84 Å². The Morgan fingerprint density at radius 1 is 1.19 bits per heavy atom. The lowest BCUT2D eigenvalue weighted by atomic mass is 10.2. The number of para-hydroxylation sites is 1. The number of nitrogens with zero attached hydrogens (tertiary/aromatic N) is 3. The topological polar surface area (TPSA) is 79.8 Å². The zero-order valence-corrected chi connectivity index (χ0v) is 21.4. The second-order valence-electron chi connectivity index (χ2n) is 7.29. The van der Waals surface area contributed by atoms with Gasteiger partial charge in [0.1, 0.15) is 5.52 Å². The summed E-state index contributed by atoms with van der Waals surface area (Å²) in [4.78, 5) is 22.1. The van der Waals surface area contributed by atoms with Gasteiger partial charge in [-0.3, -0.25) is 14.6 Å². The first-order chi connectivity index (χ1) is 14.8. The molecule has 0 aliphatic carbocycles. The minimum Gasteiger partial charge on any atom is -0.379 e. The first kappa shape index (κ1) is 25.1. The van der Waals surface area contributed by atoms with Gasteiger partial charge in [-0.05, 0) is 36.4 Å². The number of benzene rings is 2. The molecule has 172 valence electrons. The molecule has 0 saturated carbocycles. The van der Waals surface area contributed by atoms with Crippen LogP contribution in [0.25, 0.3) is 10.2 Å². The Kier molecular flexibility index (Phi) is 8.29. The van der Waals surface area contributed by atoms with Crippen LogP contribution < -0.4 is 4.90 Å². The van der Waals surface area contributed by atoms with Crippen molar-refractivity contribution in [2.45, 2.75) is 4.90 Å². The van der Waals surface area contributed by atoms with Gasteiger partial charge in [-0.25, -0.2) is 13.4 Å². The van der Waals surface area contributed by atoms with Crippen LogP contribution in [-0.2, 0) is 14.6 Å². The van der Waals surface area contributed by atoms with Crippen LogP contribution in [0.5, 0.6) is 0 Å². The number of rotatable bonds is 6. The molecule has 1 aromatic heterocycles. The number of carbonyl (C=O) groups is 1. The molecule has 1 amide bonds. The van der Waals surface area contributed by atoms with Gasteiger partial charge in [0.25, 0.3) is 5.91 Å². The lowest BCUT2D eigenvalue weighted by molar-refractivity contribution is 0.0391. The number of ether oxygens (including phenoxy) is 1. The summed E-state index contributed by atoms with van der Waals surface area (Å²) >= 11 is 4.72. The molecule has 1 saturated heterocycles. The number of halogens is 2. The van der Waals surface area contributed by atoms with Crippen molar-refractivity contribution in [3.63, 3.8) is 0 Å². The number of hydrogen-bond donors (Lipinski definition) is 0. The predicted octanol–water partition coefficient (Wildman–Crippen LogP) is 3.86. The summed E-state index contributed by atoms with van der Waals surface area (Å²) in [5.41, 5.74) is 0.956. The smallest absolute Gasteiger partial charge is 0.260 e. The van der Waals surface area contributed by atoms with E-state index in [9.17, 15) is 13.2 Å². The normalized spacial score (nSPS) is 14.8. The maximum atomic E-state index is 13.4. The Balaban J connectivity index is 0.00000289. The quantitative estimate of drug-likeness (QED) is 0.456. The molecular formula is C21H23BrClN3O4S2. The van der Waals surface area contributed by atoms with E-state index in [1.54, 1.807) is 29.2 Å². The van der Waals surface area contributed by atoms with E-state index in [2.05, 4.69) is 25.8 Å². The number of morpholine rings is 1. The van der Waals surface area contributed by atoms with Crippen molar-refractivity contribution in [2.75, 3.05) is 50.5 Å². The SMILES string of the molecule is CS(=O)(=O)c1cccc2sc(N(CCN3CCOCC3)C(=O)c3ccc(Br)cc3)nc12.Cl. The van der Waals surface area contributed by atoms with Gasteiger partial charge in [0.15, 0.2) is 15.0 Å². The second-order valence-corrected chi connectivity index (χ2v) is 11.2. The van der Waals surface area contributed by atoms with Crippen LogP contribution in [0.1, 0.15) is 10.4 Å². The zero-order chi connectivity index (χ0) is 22.0. The van der Waals surface area contributed by atoms with E-state index in [1.165, 1.54) is 17.6 Å². The van der Waals surface area contributed by atoms with Crippen LogP contribution >= 0.6 is 39.7 Å². The number of carbonyl (C=O) groups excluding carboxylic acids is 1. The van der Waals surface area contributed by atoms with Gasteiger partial charge in [0, 0.05) is 42.5 Å². The average molecular weight is 561 g/mol. The molecule has 1 fully saturated rings. The fourth-order valence-corrected chi connectivity index (χ4v) is 5.60. The summed E-state index contributed by atoms with van der Waals surface area (Å²) in [5, 5.41) is 0.493. The molecule has 0 unspecified atom stereocenters. The third-order valence-electron chi connectivity index (χ3n) is 5.08. The average Bonchev–Trinajstić information content (AvgIpc) is 3.18. The summed E-state index contributed by atoms with van der Waals surface area (Å²) in [7, 11) is -3.43. The van der Waals surface area contributed by atoms with Crippen molar-refractivity contribution in [3.8, 4) is 0 Å². The van der Waals surface area contributed by atoms with Gasteiger partial charge in [-0.1, -0.05) is 33.3 Å². The van der Waals surface area contributed by atoms with Gasteiger partial charge < -0.3 is 4.74 Å². The number of hydrogen-bond acceptors (Lipinski definition) is 7. The summed E-state index contributed by atoms with van der Waals surface area (Å²) in [5.74, 6) is -0.166. The fraction of sp³-hybridized carbons (Fsp3) is 0.333. The molecule has 2 aromatic carbocycles. The third kappa shape index (κ3) is 5.67. The number of amides is 1. The Morgan fingerprint density at radius 2 is 1.88 bits per heavy atom. The molecule has 0 atom stereocenters. The van der Waals surface area contributed by atoms with Crippen molar-refractivity contribution in [1.82, 2.24) is 9.88 Å². The molecule has 1 aliphatic heterocycles. The Hall–Kier alpha value is -1.56. The summed E-state index contributed by atoms with van der Waals surface area (Å²) < 4.78 is 31.4. The van der Waals surface area contributed by atoms with Crippen molar-refractivity contribution in [1.29, 1.82) is 0 Å². The first-order valence-corrected chi connectivity index (χ1v) is 13.3. The minimum atomic E-state index is -3.43. The highest BCUT2D eigenvalue weighted by Crippen LogP contribution is 2.33. The van der Waals surface area contributed by atoms with Crippen molar-refractivity contribution >= 4 is 70.8 Å². The summed E-state index contributed by atoms with van der Waals surface area (Å²) in [6, 6.07) is 12.3. The van der Waals surface area contributed by atoms with Gasteiger partial charge in [0.2, 0.25) is 0 Å². The number of sulfone groups is 1. The predicted molar refractivity (Wildman–Crippen MR) is 133 cm³/mol. The standard InChI is InChI=1S/C21H22BrN3O4S2.ClH/c1-31(27,28)18-4-2-3-17-19(18)23-21(30-17)25(10-9-24-11-13-29-14-12-24)20(26)15-5-7-16(22)8-6-15;/h2-8H,9-14H2,1H3;1H. The second kappa shape index (κ2) is 10.6. The Morgan fingerprint density at radius 3 is 2.53 bits per heavy atom. The lowest BCUT2D eigenvalue weighted by Crippen LogP contribution is -2.43. The highest BCUT2D eigenvalue weighted by atomic mass is 79.9. The minimum absolute atomic E-state index is 0. The Bertz CT molecular complexity index is 1200. The molecule has 32 heavy (non-hydrogen) atoms. The number of aromatic nitrogens is 1. The summed E-state index contributed by atoms with van der Waals surface area (Å²) in [6.45, 7) is 4.12. The number of anilines is 1. The highest BCUT2D eigenvalue weighted by Gasteiger charge is 2.24. The monoisotopic (exact) mass is 559 g/mol. The zero-order valence-electron chi connectivity index (χ0n) is 17.4. The van der Waals surface area contributed by atoms with Gasteiger partial charge in [-0.2, -0.15) is 0 Å². The molecule has 4 rings (SSSR count). The highest BCUT2D eigenvalue weighted by molar-refractivity contribution is 9.10. The molecule has 0 N–H and O–H groups in total. The lowest BCUT2D eigenvalue weighted by Gasteiger charge is -2.29. The number of thiazole rings is 1. The molecule has 7 nitrogen and oxygen atoms in total. The Labute approximate surface area is 205 Å². The van der Waals surface area contributed by atoms with Crippen molar-refractivity contribution < 1.29 is 17.9 Å². The maximum Gasteiger partial charge on any atom is 0.260 e. The molecule has 0 radical (unpaired) electrons. The van der Waals surface area contributed by atoms with E-state index in [-0.39, 0.29) is 23.2 Å². The van der Waals surface area contributed by atoms with E-state index in [4.69, 9.17) is 4.74 Å². The fourth-order valence-electron chi connectivity index (χ4n) is 3.42. The number of fused-ring (bicyclic) bond motifs is 1. The maximum absolute atomic E-state index is 13.4. The molecule has 3 aromatic rings. The third-order valence-corrected chi connectivity index (χ3v) is 7.78. The van der Waals surface area contributed by atoms with Gasteiger partial charge in [-0.15, -0.1) is 12.4 Å². The molecule has 2 heterocycles. The van der Waals surface area contributed by atoms with Crippen LogP contribution in [0.2, 0.25) is 0 Å². The van der Waals surface area contributed by atoms with Gasteiger partial charge in [0.05, 0.1) is 22.8 Å². The molecule has 1 aliphatic rings. The van der Waals surface area contributed by atoms with E-state index in [0.29, 0.717) is 42.5 Å². The molecule has 0 bridgehead atoms.